The quantitative estimate of drug-likeness (QED) is 0.516. The van der Waals surface area contributed by atoms with E-state index < -0.39 is 17.7 Å². The molecule has 1 saturated carbocycles. The first-order valence-corrected chi connectivity index (χ1v) is 10.4. The maximum absolute atomic E-state index is 13.3. The maximum Gasteiger partial charge on any atom is 0.416 e. The number of nitrogens with one attached hydrogen (secondary N) is 2. The second kappa shape index (κ2) is 8.54. The number of para-hydroxylation sites is 1. The standard InChI is InChI=1S/C24H25F3N2O/c25-24(26,27)17-8-6-7-16(13-17)20(14-23(30)29-18-9-2-1-3-10-18)21-15-28-22-12-5-4-11-19(21)22/h4-8,11-13,15,18,20,28H,1-3,9-10,14H2,(H,29,30)/t20-/m1/s1. The summed E-state index contributed by atoms with van der Waals surface area (Å²) in [5.41, 5.74) is 1.53. The molecule has 1 aromatic heterocycles. The molecule has 3 nitrogen and oxygen atoms in total. The molecule has 1 aliphatic rings. The van der Waals surface area contributed by atoms with Crippen LogP contribution in [0.3, 0.4) is 0 Å². The Kier molecular flexibility index (Phi) is 5.84. The van der Waals surface area contributed by atoms with Crippen LogP contribution in [0, 0.1) is 0 Å². The highest BCUT2D eigenvalue weighted by molar-refractivity contribution is 5.86. The van der Waals surface area contributed by atoms with Crippen LogP contribution in [-0.4, -0.2) is 16.9 Å². The lowest BCUT2D eigenvalue weighted by atomic mass is 9.86. The van der Waals surface area contributed by atoms with E-state index in [-0.39, 0.29) is 18.4 Å². The summed E-state index contributed by atoms with van der Waals surface area (Å²) in [5, 5.41) is 4.02. The van der Waals surface area contributed by atoms with Gasteiger partial charge >= 0.3 is 6.18 Å². The second-order valence-corrected chi connectivity index (χ2v) is 8.07. The summed E-state index contributed by atoms with van der Waals surface area (Å²) in [4.78, 5) is 16.0. The van der Waals surface area contributed by atoms with E-state index in [9.17, 15) is 18.0 Å². The van der Waals surface area contributed by atoms with E-state index in [4.69, 9.17) is 0 Å². The Morgan fingerprint density at radius 2 is 1.83 bits per heavy atom. The molecule has 3 aromatic rings. The van der Waals surface area contributed by atoms with Crippen molar-refractivity contribution in [2.75, 3.05) is 0 Å². The summed E-state index contributed by atoms with van der Waals surface area (Å²) in [7, 11) is 0. The number of alkyl halides is 3. The number of amides is 1. The van der Waals surface area contributed by atoms with Gasteiger partial charge in [0.25, 0.3) is 0 Å². The minimum atomic E-state index is -4.43. The Morgan fingerprint density at radius 3 is 2.60 bits per heavy atom. The van der Waals surface area contributed by atoms with Gasteiger partial charge in [-0.05, 0) is 36.1 Å². The van der Waals surface area contributed by atoms with E-state index in [2.05, 4.69) is 10.3 Å². The third-order valence-electron chi connectivity index (χ3n) is 5.97. The normalized spacial score (nSPS) is 16.5. The highest BCUT2D eigenvalue weighted by Crippen LogP contribution is 2.37. The molecule has 0 spiro atoms. The summed E-state index contributed by atoms with van der Waals surface area (Å²) in [6.45, 7) is 0. The van der Waals surface area contributed by atoms with Gasteiger partial charge in [-0.1, -0.05) is 55.7 Å². The molecule has 0 unspecified atom stereocenters. The predicted octanol–water partition coefficient (Wildman–Crippen LogP) is 6.16. The molecule has 6 heteroatoms. The van der Waals surface area contributed by atoms with Crippen LogP contribution < -0.4 is 5.32 Å². The van der Waals surface area contributed by atoms with Crippen LogP contribution in [0.1, 0.15) is 61.1 Å². The highest BCUT2D eigenvalue weighted by Gasteiger charge is 2.32. The molecule has 1 heterocycles. The number of aromatic nitrogens is 1. The Bertz CT molecular complexity index is 1020. The Hall–Kier alpha value is -2.76. The van der Waals surface area contributed by atoms with Crippen molar-refractivity contribution < 1.29 is 18.0 Å². The largest absolute Gasteiger partial charge is 0.416 e. The number of aromatic amines is 1. The molecule has 2 N–H and O–H groups in total. The van der Waals surface area contributed by atoms with Crippen LogP contribution in [0.15, 0.2) is 54.7 Å². The van der Waals surface area contributed by atoms with Crippen LogP contribution in [0.5, 0.6) is 0 Å². The highest BCUT2D eigenvalue weighted by atomic mass is 19.4. The van der Waals surface area contributed by atoms with Crippen molar-refractivity contribution in [1.82, 2.24) is 10.3 Å². The third-order valence-corrected chi connectivity index (χ3v) is 5.97. The first-order chi connectivity index (χ1) is 14.4. The van der Waals surface area contributed by atoms with Gasteiger partial charge in [-0.3, -0.25) is 4.79 Å². The lowest BCUT2D eigenvalue weighted by Gasteiger charge is -2.24. The number of fused-ring (bicyclic) bond motifs is 1. The Balaban J connectivity index is 1.67. The maximum atomic E-state index is 13.3. The number of halogens is 3. The van der Waals surface area contributed by atoms with Gasteiger partial charge in [-0.15, -0.1) is 0 Å². The third kappa shape index (κ3) is 4.53. The van der Waals surface area contributed by atoms with Gasteiger partial charge < -0.3 is 10.3 Å². The predicted molar refractivity (Wildman–Crippen MR) is 111 cm³/mol. The fraction of sp³-hybridized carbons (Fsp3) is 0.375. The number of carbonyl (C=O) groups excluding carboxylic acids is 1. The van der Waals surface area contributed by atoms with Gasteiger partial charge in [-0.2, -0.15) is 13.2 Å². The smallest absolute Gasteiger partial charge is 0.361 e. The number of benzene rings is 2. The SMILES string of the molecule is O=C(C[C@H](c1cccc(C(F)(F)F)c1)c1c[nH]c2ccccc12)NC1CCCCC1. The van der Waals surface area contributed by atoms with Crippen molar-refractivity contribution in [2.24, 2.45) is 0 Å². The van der Waals surface area contributed by atoms with E-state index in [1.54, 1.807) is 6.07 Å². The number of carbonyl (C=O) groups is 1. The average Bonchev–Trinajstić information content (AvgIpc) is 3.16. The first-order valence-electron chi connectivity index (χ1n) is 10.4. The summed E-state index contributed by atoms with van der Waals surface area (Å²) in [6, 6.07) is 13.1. The molecule has 1 atom stereocenters. The molecule has 1 amide bonds. The van der Waals surface area contributed by atoms with E-state index in [1.165, 1.54) is 18.6 Å². The lowest BCUT2D eigenvalue weighted by Crippen LogP contribution is -2.36. The molecule has 0 radical (unpaired) electrons. The molecule has 4 rings (SSSR count). The van der Waals surface area contributed by atoms with Crippen LogP contribution in [0.2, 0.25) is 0 Å². The fourth-order valence-electron chi connectivity index (χ4n) is 4.44. The number of hydrogen-bond acceptors (Lipinski definition) is 1. The van der Waals surface area contributed by atoms with E-state index in [1.807, 2.05) is 30.5 Å². The monoisotopic (exact) mass is 414 g/mol. The zero-order valence-corrected chi connectivity index (χ0v) is 16.6. The fourth-order valence-corrected chi connectivity index (χ4v) is 4.44. The molecular weight excluding hydrogens is 389 g/mol. The van der Waals surface area contributed by atoms with Gasteiger partial charge in [0.2, 0.25) is 5.91 Å². The van der Waals surface area contributed by atoms with Crippen molar-refractivity contribution in [2.45, 2.75) is 56.7 Å². The van der Waals surface area contributed by atoms with Crippen LogP contribution in [-0.2, 0) is 11.0 Å². The van der Waals surface area contributed by atoms with Gasteiger partial charge in [-0.25, -0.2) is 0 Å². The second-order valence-electron chi connectivity index (χ2n) is 8.07. The van der Waals surface area contributed by atoms with Crippen LogP contribution in [0.4, 0.5) is 13.2 Å². The van der Waals surface area contributed by atoms with Crippen LogP contribution >= 0.6 is 0 Å². The molecule has 1 aliphatic carbocycles. The number of rotatable bonds is 5. The van der Waals surface area contributed by atoms with Crippen molar-refractivity contribution in [1.29, 1.82) is 0 Å². The molecule has 0 aliphatic heterocycles. The van der Waals surface area contributed by atoms with Gasteiger partial charge in [0, 0.05) is 35.5 Å². The first kappa shape index (κ1) is 20.5. The van der Waals surface area contributed by atoms with Gasteiger partial charge in [0.05, 0.1) is 5.56 Å². The molecule has 30 heavy (non-hydrogen) atoms. The minimum absolute atomic E-state index is 0.111. The molecule has 0 saturated heterocycles. The summed E-state index contributed by atoms with van der Waals surface area (Å²) >= 11 is 0. The zero-order chi connectivity index (χ0) is 21.1. The molecule has 2 aromatic carbocycles. The van der Waals surface area contributed by atoms with E-state index in [0.717, 1.165) is 48.2 Å². The van der Waals surface area contributed by atoms with Crippen molar-refractivity contribution in [3.8, 4) is 0 Å². The molecule has 1 fully saturated rings. The van der Waals surface area contributed by atoms with Gasteiger partial charge in [0.1, 0.15) is 0 Å². The lowest BCUT2D eigenvalue weighted by molar-refractivity contribution is -0.137. The van der Waals surface area contributed by atoms with E-state index >= 15 is 0 Å². The van der Waals surface area contributed by atoms with Crippen LogP contribution in [0.25, 0.3) is 10.9 Å². The van der Waals surface area contributed by atoms with Crippen molar-refractivity contribution >= 4 is 16.8 Å². The molecule has 158 valence electrons. The number of H-pyrrole nitrogens is 1. The number of hydrogen-bond donors (Lipinski definition) is 2. The van der Waals surface area contributed by atoms with Gasteiger partial charge in [0.15, 0.2) is 0 Å². The average molecular weight is 414 g/mol. The van der Waals surface area contributed by atoms with E-state index in [0.29, 0.717) is 5.56 Å². The minimum Gasteiger partial charge on any atom is -0.361 e. The van der Waals surface area contributed by atoms with Crippen molar-refractivity contribution in [3.63, 3.8) is 0 Å². The summed E-state index contributed by atoms with van der Waals surface area (Å²) in [6.07, 6.45) is 2.82. The molecular formula is C24H25F3N2O. The summed E-state index contributed by atoms with van der Waals surface area (Å²) < 4.78 is 39.9. The Labute approximate surface area is 173 Å². The molecule has 0 bridgehead atoms. The topological polar surface area (TPSA) is 44.9 Å². The Morgan fingerprint density at radius 1 is 1.07 bits per heavy atom. The summed E-state index contributed by atoms with van der Waals surface area (Å²) in [5.74, 6) is -0.582. The zero-order valence-electron chi connectivity index (χ0n) is 16.6. The van der Waals surface area contributed by atoms with Crippen molar-refractivity contribution in [3.05, 3.63) is 71.4 Å².